The SMILES string of the molecule is COc1ccc(Cl)cc1C(=O)NCc1ccc(CN)cc1. The van der Waals surface area contributed by atoms with Crippen molar-refractivity contribution in [2.24, 2.45) is 5.73 Å². The standard InChI is InChI=1S/C16H17ClN2O2/c1-21-15-7-6-13(17)8-14(15)16(20)19-10-12-4-2-11(9-18)3-5-12/h2-8H,9-10,18H2,1H3,(H,19,20). The van der Waals surface area contributed by atoms with Crippen LogP contribution in [0.1, 0.15) is 21.5 Å². The van der Waals surface area contributed by atoms with Gasteiger partial charge in [-0.2, -0.15) is 0 Å². The first-order chi connectivity index (χ1) is 10.1. The van der Waals surface area contributed by atoms with E-state index in [0.717, 1.165) is 11.1 Å². The topological polar surface area (TPSA) is 64.3 Å². The fourth-order valence-corrected chi connectivity index (χ4v) is 2.10. The van der Waals surface area contributed by atoms with Crippen molar-refractivity contribution in [1.82, 2.24) is 5.32 Å². The molecular weight excluding hydrogens is 288 g/mol. The molecule has 110 valence electrons. The molecule has 3 N–H and O–H groups in total. The molecule has 0 aliphatic rings. The van der Waals surface area contributed by atoms with Gasteiger partial charge in [0.15, 0.2) is 0 Å². The van der Waals surface area contributed by atoms with Crippen LogP contribution < -0.4 is 15.8 Å². The average Bonchev–Trinajstić information content (AvgIpc) is 2.53. The molecule has 0 saturated heterocycles. The Balaban J connectivity index is 2.05. The molecule has 0 aliphatic heterocycles. The van der Waals surface area contributed by atoms with E-state index in [-0.39, 0.29) is 5.91 Å². The van der Waals surface area contributed by atoms with Gasteiger partial charge in [0.2, 0.25) is 0 Å². The van der Waals surface area contributed by atoms with Crippen LogP contribution in [0.4, 0.5) is 0 Å². The van der Waals surface area contributed by atoms with Gasteiger partial charge < -0.3 is 15.8 Å². The summed E-state index contributed by atoms with van der Waals surface area (Å²) in [6.07, 6.45) is 0. The number of methoxy groups -OCH3 is 1. The predicted octanol–water partition coefficient (Wildman–Crippen LogP) is 2.74. The second kappa shape index (κ2) is 7.11. The molecule has 0 heterocycles. The van der Waals surface area contributed by atoms with Crippen LogP contribution in [0.25, 0.3) is 0 Å². The van der Waals surface area contributed by atoms with E-state index in [1.54, 1.807) is 18.2 Å². The monoisotopic (exact) mass is 304 g/mol. The van der Waals surface area contributed by atoms with Gasteiger partial charge in [-0.3, -0.25) is 4.79 Å². The van der Waals surface area contributed by atoms with Crippen LogP contribution in [0.3, 0.4) is 0 Å². The van der Waals surface area contributed by atoms with Crippen LogP contribution in [0, 0.1) is 0 Å². The lowest BCUT2D eigenvalue weighted by Crippen LogP contribution is -2.23. The zero-order chi connectivity index (χ0) is 15.2. The molecule has 2 aromatic carbocycles. The Morgan fingerprint density at radius 1 is 1.19 bits per heavy atom. The molecule has 0 unspecified atom stereocenters. The molecule has 2 rings (SSSR count). The summed E-state index contributed by atoms with van der Waals surface area (Å²) in [5, 5.41) is 3.34. The van der Waals surface area contributed by atoms with Gasteiger partial charge in [0.25, 0.3) is 5.91 Å². The van der Waals surface area contributed by atoms with Gasteiger partial charge in [-0.15, -0.1) is 0 Å². The fraction of sp³-hybridized carbons (Fsp3) is 0.188. The van der Waals surface area contributed by atoms with Gasteiger partial charge in [-0.25, -0.2) is 0 Å². The van der Waals surface area contributed by atoms with E-state index in [1.807, 2.05) is 24.3 Å². The number of hydrogen-bond acceptors (Lipinski definition) is 3. The minimum absolute atomic E-state index is 0.225. The molecule has 0 bridgehead atoms. The Morgan fingerprint density at radius 3 is 2.48 bits per heavy atom. The molecule has 0 aromatic heterocycles. The molecule has 5 heteroatoms. The number of amides is 1. The first kappa shape index (κ1) is 15.4. The van der Waals surface area contributed by atoms with Gasteiger partial charge >= 0.3 is 0 Å². The highest BCUT2D eigenvalue weighted by molar-refractivity contribution is 6.31. The Hall–Kier alpha value is -2.04. The largest absolute Gasteiger partial charge is 0.496 e. The van der Waals surface area contributed by atoms with Gasteiger partial charge in [0.1, 0.15) is 5.75 Å². The van der Waals surface area contributed by atoms with Gasteiger partial charge in [-0.1, -0.05) is 35.9 Å². The molecule has 21 heavy (non-hydrogen) atoms. The Kier molecular flexibility index (Phi) is 5.20. The van der Waals surface area contributed by atoms with Crippen LogP contribution >= 0.6 is 11.6 Å². The summed E-state index contributed by atoms with van der Waals surface area (Å²) in [5.74, 6) is 0.271. The number of benzene rings is 2. The second-order valence-electron chi connectivity index (χ2n) is 4.55. The van der Waals surface area contributed by atoms with Gasteiger partial charge in [-0.05, 0) is 29.3 Å². The molecule has 0 atom stereocenters. The number of hydrogen-bond donors (Lipinski definition) is 2. The molecule has 0 fully saturated rings. The van der Waals surface area contributed by atoms with E-state index in [2.05, 4.69) is 5.32 Å². The maximum absolute atomic E-state index is 12.2. The molecule has 2 aromatic rings. The zero-order valence-corrected chi connectivity index (χ0v) is 12.5. The fourth-order valence-electron chi connectivity index (χ4n) is 1.93. The minimum Gasteiger partial charge on any atom is -0.496 e. The number of nitrogens with two attached hydrogens (primary N) is 1. The summed E-state index contributed by atoms with van der Waals surface area (Å²) in [6, 6.07) is 12.7. The van der Waals surface area contributed by atoms with Crippen LogP contribution in [0.2, 0.25) is 5.02 Å². The first-order valence-corrected chi connectivity index (χ1v) is 6.91. The van der Waals surface area contributed by atoms with E-state index in [1.165, 1.54) is 7.11 Å². The van der Waals surface area contributed by atoms with Crippen LogP contribution in [-0.4, -0.2) is 13.0 Å². The smallest absolute Gasteiger partial charge is 0.255 e. The van der Waals surface area contributed by atoms with Crippen molar-refractivity contribution in [3.8, 4) is 5.75 Å². The highest BCUT2D eigenvalue weighted by Crippen LogP contribution is 2.22. The third-order valence-corrected chi connectivity index (χ3v) is 3.35. The van der Waals surface area contributed by atoms with Gasteiger partial charge in [0, 0.05) is 18.1 Å². The lowest BCUT2D eigenvalue weighted by atomic mass is 10.1. The molecule has 0 spiro atoms. The first-order valence-electron chi connectivity index (χ1n) is 6.53. The molecule has 0 radical (unpaired) electrons. The van der Waals surface area contributed by atoms with E-state index in [4.69, 9.17) is 22.1 Å². The van der Waals surface area contributed by atoms with Crippen molar-refractivity contribution >= 4 is 17.5 Å². The van der Waals surface area contributed by atoms with E-state index in [9.17, 15) is 4.79 Å². The van der Waals surface area contributed by atoms with Crippen molar-refractivity contribution in [2.75, 3.05) is 7.11 Å². The Morgan fingerprint density at radius 2 is 1.86 bits per heavy atom. The quantitative estimate of drug-likeness (QED) is 0.892. The van der Waals surface area contributed by atoms with Crippen LogP contribution in [0.15, 0.2) is 42.5 Å². The average molecular weight is 305 g/mol. The maximum Gasteiger partial charge on any atom is 0.255 e. The maximum atomic E-state index is 12.2. The van der Waals surface area contributed by atoms with Crippen LogP contribution in [-0.2, 0) is 13.1 Å². The number of carbonyl (C=O) groups excluding carboxylic acids is 1. The summed E-state index contributed by atoms with van der Waals surface area (Å²) >= 11 is 5.92. The Bertz CT molecular complexity index is 627. The van der Waals surface area contributed by atoms with Crippen molar-refractivity contribution in [3.05, 3.63) is 64.2 Å². The highest BCUT2D eigenvalue weighted by atomic mass is 35.5. The zero-order valence-electron chi connectivity index (χ0n) is 11.7. The number of carbonyl (C=O) groups is 1. The lowest BCUT2D eigenvalue weighted by molar-refractivity contribution is 0.0948. The van der Waals surface area contributed by atoms with Crippen molar-refractivity contribution < 1.29 is 9.53 Å². The molecule has 1 amide bonds. The molecule has 0 aliphatic carbocycles. The van der Waals surface area contributed by atoms with E-state index >= 15 is 0 Å². The third-order valence-electron chi connectivity index (χ3n) is 3.12. The van der Waals surface area contributed by atoms with E-state index < -0.39 is 0 Å². The van der Waals surface area contributed by atoms with Gasteiger partial charge in [0.05, 0.1) is 12.7 Å². The normalized spacial score (nSPS) is 10.2. The minimum atomic E-state index is -0.225. The van der Waals surface area contributed by atoms with Crippen molar-refractivity contribution in [3.63, 3.8) is 0 Å². The summed E-state index contributed by atoms with van der Waals surface area (Å²) in [6.45, 7) is 0.936. The van der Waals surface area contributed by atoms with E-state index in [0.29, 0.717) is 29.4 Å². The highest BCUT2D eigenvalue weighted by Gasteiger charge is 2.12. The molecule has 0 saturated carbocycles. The second-order valence-corrected chi connectivity index (χ2v) is 4.98. The molecule has 4 nitrogen and oxygen atoms in total. The summed E-state index contributed by atoms with van der Waals surface area (Å²) < 4.78 is 5.17. The summed E-state index contributed by atoms with van der Waals surface area (Å²) in [4.78, 5) is 12.2. The summed E-state index contributed by atoms with van der Waals surface area (Å²) in [7, 11) is 1.52. The number of rotatable bonds is 5. The van der Waals surface area contributed by atoms with Crippen molar-refractivity contribution in [2.45, 2.75) is 13.1 Å². The predicted molar refractivity (Wildman–Crippen MR) is 83.5 cm³/mol. The summed E-state index contributed by atoms with van der Waals surface area (Å²) in [5.41, 5.74) is 8.03. The number of halogens is 1. The van der Waals surface area contributed by atoms with Crippen molar-refractivity contribution in [1.29, 1.82) is 0 Å². The molecular formula is C16H17ClN2O2. The van der Waals surface area contributed by atoms with Crippen LogP contribution in [0.5, 0.6) is 5.75 Å². The number of ether oxygens (including phenoxy) is 1. The Labute approximate surface area is 128 Å². The third kappa shape index (κ3) is 3.97. The lowest BCUT2D eigenvalue weighted by Gasteiger charge is -2.10. The number of nitrogens with one attached hydrogen (secondary N) is 1.